The van der Waals surface area contributed by atoms with Crippen LogP contribution in [0.3, 0.4) is 0 Å². The highest BCUT2D eigenvalue weighted by molar-refractivity contribution is 5.76. The van der Waals surface area contributed by atoms with E-state index in [9.17, 15) is 4.79 Å². The monoisotopic (exact) mass is 233 g/mol. The fourth-order valence-electron chi connectivity index (χ4n) is 2.07. The first-order valence-corrected chi connectivity index (χ1v) is 5.94. The zero-order valence-electron chi connectivity index (χ0n) is 10.4. The van der Waals surface area contributed by atoms with Crippen LogP contribution in [-0.4, -0.2) is 37.1 Å². The molecular weight excluding hydrogens is 214 g/mol. The maximum absolute atomic E-state index is 11.7. The van der Waals surface area contributed by atoms with Crippen molar-refractivity contribution >= 4 is 6.03 Å². The molecule has 1 saturated heterocycles. The van der Waals surface area contributed by atoms with Gasteiger partial charge in [-0.15, -0.1) is 0 Å². The Bertz CT molecular complexity index is 388. The number of amides is 2. The number of urea groups is 1. The van der Waals surface area contributed by atoms with Gasteiger partial charge >= 0.3 is 6.03 Å². The van der Waals surface area contributed by atoms with Gasteiger partial charge in [0.1, 0.15) is 0 Å². The van der Waals surface area contributed by atoms with Gasteiger partial charge in [-0.1, -0.05) is 29.8 Å². The molecule has 4 heteroatoms. The average Bonchev–Trinajstić information content (AvgIpc) is 2.63. The highest BCUT2D eigenvalue weighted by Crippen LogP contribution is 2.11. The summed E-state index contributed by atoms with van der Waals surface area (Å²) in [5.74, 6) is 0. The van der Waals surface area contributed by atoms with E-state index in [1.54, 1.807) is 0 Å². The third-order valence-electron chi connectivity index (χ3n) is 3.00. The number of likely N-dealkylation sites (N-methyl/N-ethyl adjacent to an activating group) is 1. The number of hydrogen-bond donors (Lipinski definition) is 2. The van der Waals surface area contributed by atoms with Gasteiger partial charge in [0.25, 0.3) is 0 Å². The Hall–Kier alpha value is -1.55. The zero-order valence-corrected chi connectivity index (χ0v) is 10.4. The summed E-state index contributed by atoms with van der Waals surface area (Å²) in [6.07, 6.45) is 0. The number of aryl methyl sites for hydroxylation is 1. The first-order valence-electron chi connectivity index (χ1n) is 5.94. The van der Waals surface area contributed by atoms with Crippen LogP contribution in [0, 0.1) is 6.92 Å². The van der Waals surface area contributed by atoms with Gasteiger partial charge in [-0.2, -0.15) is 0 Å². The molecule has 1 fully saturated rings. The molecule has 1 aromatic rings. The molecule has 0 radical (unpaired) electrons. The summed E-state index contributed by atoms with van der Waals surface area (Å²) < 4.78 is 0. The van der Waals surface area contributed by atoms with Crippen molar-refractivity contribution in [1.29, 1.82) is 0 Å². The summed E-state index contributed by atoms with van der Waals surface area (Å²) in [6.45, 7) is 4.34. The van der Waals surface area contributed by atoms with Gasteiger partial charge in [0.05, 0.1) is 6.04 Å². The number of carbonyl (C=O) groups excluding carboxylic acids is 1. The molecule has 0 bridgehead atoms. The summed E-state index contributed by atoms with van der Waals surface area (Å²) in [5, 5.41) is 6.04. The van der Waals surface area contributed by atoms with Crippen LogP contribution >= 0.6 is 0 Å². The maximum Gasteiger partial charge on any atom is 0.318 e. The number of benzene rings is 1. The summed E-state index contributed by atoms with van der Waals surface area (Å²) in [7, 11) is 1.90. The molecule has 0 spiro atoms. The largest absolute Gasteiger partial charge is 0.332 e. The molecule has 1 aliphatic rings. The lowest BCUT2D eigenvalue weighted by Crippen LogP contribution is -2.35. The second-order valence-electron chi connectivity index (χ2n) is 4.57. The van der Waals surface area contributed by atoms with Gasteiger partial charge in [0.15, 0.2) is 0 Å². The minimum Gasteiger partial charge on any atom is -0.332 e. The van der Waals surface area contributed by atoms with Crippen LogP contribution < -0.4 is 10.6 Å². The Morgan fingerprint density at radius 3 is 2.76 bits per heavy atom. The van der Waals surface area contributed by atoms with Crippen LogP contribution in [0.4, 0.5) is 4.79 Å². The highest BCUT2D eigenvalue weighted by Gasteiger charge is 2.27. The van der Waals surface area contributed by atoms with Gasteiger partial charge in [-0.05, 0) is 19.5 Å². The van der Waals surface area contributed by atoms with E-state index in [1.807, 2.05) is 11.9 Å². The number of nitrogens with one attached hydrogen (secondary N) is 2. The molecule has 17 heavy (non-hydrogen) atoms. The first kappa shape index (κ1) is 11.9. The van der Waals surface area contributed by atoms with Crippen molar-refractivity contribution in [2.24, 2.45) is 0 Å². The molecular formula is C13H19N3O. The van der Waals surface area contributed by atoms with E-state index in [-0.39, 0.29) is 12.1 Å². The van der Waals surface area contributed by atoms with Crippen LogP contribution in [0.1, 0.15) is 11.1 Å². The Morgan fingerprint density at radius 2 is 2.12 bits per heavy atom. The molecule has 0 aliphatic carbocycles. The molecule has 2 rings (SSSR count). The number of rotatable bonds is 4. The number of nitrogens with zero attached hydrogens (tertiary/aromatic N) is 1. The second kappa shape index (κ2) is 5.19. The molecule has 0 saturated carbocycles. The summed E-state index contributed by atoms with van der Waals surface area (Å²) in [4.78, 5) is 13.6. The van der Waals surface area contributed by atoms with Crippen LogP contribution in [0.5, 0.6) is 0 Å². The Kier molecular flexibility index (Phi) is 3.64. The van der Waals surface area contributed by atoms with E-state index in [4.69, 9.17) is 0 Å². The smallest absolute Gasteiger partial charge is 0.318 e. The van der Waals surface area contributed by atoms with Crippen molar-refractivity contribution in [1.82, 2.24) is 15.5 Å². The quantitative estimate of drug-likeness (QED) is 0.818. The SMILES string of the molecule is CNCC1CN(Cc2ccc(C)cc2)C(=O)N1. The van der Waals surface area contributed by atoms with E-state index in [1.165, 1.54) is 11.1 Å². The van der Waals surface area contributed by atoms with Crippen molar-refractivity contribution in [2.75, 3.05) is 20.1 Å². The van der Waals surface area contributed by atoms with E-state index in [0.717, 1.165) is 13.1 Å². The molecule has 92 valence electrons. The number of carbonyl (C=O) groups is 1. The van der Waals surface area contributed by atoms with Gasteiger partial charge in [-0.3, -0.25) is 0 Å². The maximum atomic E-state index is 11.7. The van der Waals surface area contributed by atoms with Crippen molar-refractivity contribution in [3.05, 3.63) is 35.4 Å². The van der Waals surface area contributed by atoms with E-state index in [0.29, 0.717) is 6.54 Å². The lowest BCUT2D eigenvalue weighted by atomic mass is 10.1. The minimum atomic E-state index is 0.0332. The highest BCUT2D eigenvalue weighted by atomic mass is 16.2. The Morgan fingerprint density at radius 1 is 1.41 bits per heavy atom. The van der Waals surface area contributed by atoms with Crippen LogP contribution in [0.25, 0.3) is 0 Å². The van der Waals surface area contributed by atoms with Crippen molar-refractivity contribution < 1.29 is 4.79 Å². The molecule has 2 amide bonds. The van der Waals surface area contributed by atoms with Gasteiger partial charge < -0.3 is 15.5 Å². The van der Waals surface area contributed by atoms with Gasteiger partial charge in [0.2, 0.25) is 0 Å². The fraction of sp³-hybridized carbons (Fsp3) is 0.462. The Labute approximate surface area is 102 Å². The molecule has 2 N–H and O–H groups in total. The lowest BCUT2D eigenvalue weighted by molar-refractivity contribution is 0.215. The Balaban J connectivity index is 1.95. The molecule has 1 aliphatic heterocycles. The minimum absolute atomic E-state index is 0.0332. The van der Waals surface area contributed by atoms with Crippen molar-refractivity contribution in [3.8, 4) is 0 Å². The summed E-state index contributed by atoms with van der Waals surface area (Å²) >= 11 is 0. The second-order valence-corrected chi connectivity index (χ2v) is 4.57. The van der Waals surface area contributed by atoms with E-state index in [2.05, 4.69) is 41.8 Å². The van der Waals surface area contributed by atoms with Crippen LogP contribution in [0.2, 0.25) is 0 Å². The van der Waals surface area contributed by atoms with Crippen molar-refractivity contribution in [2.45, 2.75) is 19.5 Å². The number of hydrogen-bond acceptors (Lipinski definition) is 2. The summed E-state index contributed by atoms with van der Waals surface area (Å²) in [5.41, 5.74) is 2.42. The lowest BCUT2D eigenvalue weighted by Gasteiger charge is -2.14. The molecule has 4 nitrogen and oxygen atoms in total. The molecule has 0 aromatic heterocycles. The van der Waals surface area contributed by atoms with E-state index >= 15 is 0 Å². The zero-order chi connectivity index (χ0) is 12.3. The normalized spacial score (nSPS) is 19.5. The fourth-order valence-corrected chi connectivity index (χ4v) is 2.07. The average molecular weight is 233 g/mol. The van der Waals surface area contributed by atoms with Crippen LogP contribution in [0.15, 0.2) is 24.3 Å². The first-order chi connectivity index (χ1) is 8.19. The predicted octanol–water partition coefficient (Wildman–Crippen LogP) is 1.11. The van der Waals surface area contributed by atoms with Crippen LogP contribution in [-0.2, 0) is 6.54 Å². The van der Waals surface area contributed by atoms with Gasteiger partial charge in [0, 0.05) is 19.6 Å². The standard InChI is InChI=1S/C13H19N3O/c1-10-3-5-11(6-4-10)8-16-9-12(7-14-2)15-13(16)17/h3-6,12,14H,7-9H2,1-2H3,(H,15,17). The van der Waals surface area contributed by atoms with Gasteiger partial charge in [-0.25, -0.2) is 4.79 Å². The molecule has 1 unspecified atom stereocenters. The third-order valence-corrected chi connectivity index (χ3v) is 3.00. The topological polar surface area (TPSA) is 44.4 Å². The van der Waals surface area contributed by atoms with Crippen molar-refractivity contribution in [3.63, 3.8) is 0 Å². The van der Waals surface area contributed by atoms with E-state index < -0.39 is 0 Å². The molecule has 1 heterocycles. The summed E-state index contributed by atoms with van der Waals surface area (Å²) in [6, 6.07) is 8.56. The third kappa shape index (κ3) is 2.97. The molecule has 1 atom stereocenters. The molecule has 1 aromatic carbocycles. The predicted molar refractivity (Wildman–Crippen MR) is 67.8 cm³/mol.